The summed E-state index contributed by atoms with van der Waals surface area (Å²) in [4.78, 5) is 0. The highest BCUT2D eigenvalue weighted by molar-refractivity contribution is 5.33. The largest absolute Gasteiger partial charge is 0.497 e. The number of aliphatic hydroxyl groups is 8. The zero-order valence-electron chi connectivity index (χ0n) is 67.3. The van der Waals surface area contributed by atoms with E-state index in [0.717, 1.165) is 85.8 Å². The molecule has 8 atom stereocenters. The highest BCUT2D eigenvalue weighted by Crippen LogP contribution is 2.30. The van der Waals surface area contributed by atoms with Gasteiger partial charge in [0.25, 0.3) is 0 Å². The van der Waals surface area contributed by atoms with Gasteiger partial charge in [-0.3, -0.25) is 0 Å². The van der Waals surface area contributed by atoms with Crippen molar-refractivity contribution < 1.29 is 45.6 Å². The molecule has 558 valence electrons. The first-order valence-electron chi connectivity index (χ1n) is 35.9. The minimum atomic E-state index is 0.143. The second kappa shape index (κ2) is 66.9. The van der Waals surface area contributed by atoms with Crippen molar-refractivity contribution in [2.75, 3.05) is 56.9 Å². The first kappa shape index (κ1) is 103. The number of aliphatic hydroxyl groups excluding tert-OH is 8. The van der Waals surface area contributed by atoms with Gasteiger partial charge in [0, 0.05) is 49.8 Å². The van der Waals surface area contributed by atoms with E-state index in [1.165, 1.54) is 101 Å². The maximum Gasteiger partial charge on any atom is 0.118 e. The van der Waals surface area contributed by atoms with Crippen molar-refractivity contribution in [3.05, 3.63) is 242 Å². The summed E-state index contributed by atoms with van der Waals surface area (Å²) in [5.74, 6) is 6.69. The second-order valence-electron chi connectivity index (χ2n) is 25.5. The molecule has 7 aromatic carbocycles. The minimum absolute atomic E-state index is 0.143. The molecule has 1 aliphatic carbocycles. The summed E-state index contributed by atoms with van der Waals surface area (Å²) in [6.07, 6.45) is 10.9. The van der Waals surface area contributed by atoms with Gasteiger partial charge in [0.2, 0.25) is 0 Å². The molecule has 0 aliphatic heterocycles. The Labute approximate surface area is 602 Å². The van der Waals surface area contributed by atoms with Gasteiger partial charge in [-0.05, 0) is 198 Å². The lowest BCUT2D eigenvalue weighted by Crippen LogP contribution is -2.20. The van der Waals surface area contributed by atoms with E-state index >= 15 is 0 Å². The number of fused-ring (bicyclic) bond motifs is 1. The molecule has 0 saturated heterocycles. The summed E-state index contributed by atoms with van der Waals surface area (Å²) in [5, 5.41) is 57.9. The number of hydrogen-bond acceptors (Lipinski definition) is 9. The predicted molar refractivity (Wildman–Crippen MR) is 430 cm³/mol. The fraction of sp³-hybridized carbons (Fsp3) is 0.528. The first-order valence-corrected chi connectivity index (χ1v) is 35.9. The van der Waals surface area contributed by atoms with Gasteiger partial charge in [-0.15, -0.1) is 0 Å². The number of aryl methyl sites for hydroxylation is 3. The SMILES string of the molecule is CC1Cc2ccccc2CC1C.CCC(C)c1ccc(C)cc1.CCC(C)c1ccc(OC)cc1.CCC(C)c1cccc(C(C)(C)C)c1.CCC(C)c1cccc(C)c1.CCC(C)c1cccc(CO)c1.CCc1cccc(C(C)CC)c1.CO.CO.CO.CO.CO.CO.CO. The summed E-state index contributed by atoms with van der Waals surface area (Å²) in [6, 6.07) is 60.8. The Morgan fingerprint density at radius 3 is 0.990 bits per heavy atom. The maximum absolute atomic E-state index is 8.92. The topological polar surface area (TPSA) is 171 Å². The molecule has 1 aliphatic rings. The molecule has 0 bridgehead atoms. The van der Waals surface area contributed by atoms with Crippen molar-refractivity contribution in [1.29, 1.82) is 0 Å². The van der Waals surface area contributed by atoms with Crippen LogP contribution < -0.4 is 4.74 Å². The molecular formula is C89H148O9. The summed E-state index contributed by atoms with van der Waals surface area (Å²) in [5.41, 5.74) is 18.6. The van der Waals surface area contributed by atoms with E-state index in [4.69, 9.17) is 45.6 Å². The zero-order chi connectivity index (χ0) is 76.8. The van der Waals surface area contributed by atoms with Gasteiger partial charge in [0.15, 0.2) is 0 Å². The predicted octanol–water partition coefficient (Wildman–Crippen LogP) is 21.5. The van der Waals surface area contributed by atoms with Crippen LogP contribution >= 0.6 is 0 Å². The van der Waals surface area contributed by atoms with Crippen molar-refractivity contribution in [3.8, 4) is 5.75 Å². The first-order chi connectivity index (χ1) is 47.0. The molecule has 8 N–H and O–H groups in total. The maximum atomic E-state index is 8.92. The number of benzene rings is 7. The van der Waals surface area contributed by atoms with E-state index < -0.39 is 0 Å². The third-order valence-corrected chi connectivity index (χ3v) is 17.7. The Morgan fingerprint density at radius 2 is 0.663 bits per heavy atom. The lowest BCUT2D eigenvalue weighted by atomic mass is 9.78. The molecule has 8 unspecified atom stereocenters. The normalized spacial score (nSPS) is 13.5. The summed E-state index contributed by atoms with van der Waals surface area (Å²) < 4.78 is 5.08. The van der Waals surface area contributed by atoms with Gasteiger partial charge in [0.1, 0.15) is 5.75 Å². The minimum Gasteiger partial charge on any atom is -0.497 e. The summed E-state index contributed by atoms with van der Waals surface area (Å²) in [7, 11) is 8.69. The highest BCUT2D eigenvalue weighted by atomic mass is 16.5. The average Bonchev–Trinajstić information content (AvgIpc) is 0.860. The monoisotopic (exact) mass is 1360 g/mol. The third kappa shape index (κ3) is 45.6. The van der Waals surface area contributed by atoms with Crippen molar-refractivity contribution in [2.45, 2.75) is 244 Å². The van der Waals surface area contributed by atoms with Crippen LogP contribution in [0.15, 0.2) is 170 Å². The molecule has 0 amide bonds. The molecule has 0 heterocycles. The van der Waals surface area contributed by atoms with Crippen molar-refractivity contribution in [1.82, 2.24) is 0 Å². The van der Waals surface area contributed by atoms with Crippen LogP contribution in [0.1, 0.15) is 271 Å². The van der Waals surface area contributed by atoms with E-state index in [-0.39, 0.29) is 12.0 Å². The molecule has 9 heteroatoms. The molecule has 0 spiro atoms. The Morgan fingerprint density at radius 1 is 0.357 bits per heavy atom. The van der Waals surface area contributed by atoms with Crippen LogP contribution in [-0.2, 0) is 31.3 Å². The molecule has 0 fully saturated rings. The fourth-order valence-corrected chi connectivity index (χ4v) is 9.70. The van der Waals surface area contributed by atoms with Crippen LogP contribution in [0.3, 0.4) is 0 Å². The van der Waals surface area contributed by atoms with E-state index in [1.54, 1.807) is 18.2 Å². The van der Waals surface area contributed by atoms with E-state index in [1.807, 2.05) is 24.3 Å². The van der Waals surface area contributed by atoms with Gasteiger partial charge < -0.3 is 45.6 Å². The van der Waals surface area contributed by atoms with Crippen LogP contribution in [0, 0.1) is 25.7 Å². The Hall–Kier alpha value is -5.98. The lowest BCUT2D eigenvalue weighted by molar-refractivity contribution is 0.281. The van der Waals surface area contributed by atoms with Gasteiger partial charge in [-0.1, -0.05) is 293 Å². The van der Waals surface area contributed by atoms with Gasteiger partial charge in [-0.25, -0.2) is 0 Å². The third-order valence-electron chi connectivity index (χ3n) is 17.7. The average molecular weight is 1360 g/mol. The van der Waals surface area contributed by atoms with E-state index in [0.29, 0.717) is 35.5 Å². The summed E-state index contributed by atoms with van der Waals surface area (Å²) >= 11 is 0. The highest BCUT2D eigenvalue weighted by Gasteiger charge is 2.21. The molecule has 8 rings (SSSR count). The lowest BCUT2D eigenvalue weighted by Gasteiger charge is -2.27. The Bertz CT molecular complexity index is 2740. The van der Waals surface area contributed by atoms with Crippen molar-refractivity contribution in [3.63, 3.8) is 0 Å². The molecule has 0 saturated carbocycles. The van der Waals surface area contributed by atoms with Crippen LogP contribution in [0.2, 0.25) is 0 Å². The smallest absolute Gasteiger partial charge is 0.118 e. The number of methoxy groups -OCH3 is 1. The molecule has 0 aromatic heterocycles. The standard InChI is InChI=1S/C14H22.C12H16.C12H18.2C11H16O.2C11H16.7CH4O/c1-6-11(2)12-8-7-9-13(10-12)14(3,4)5;1-9-7-11-5-3-4-6-12(11)8-10(9)2;1-4-10(3)12-8-6-7-11(5-2)9-12;1-4-9(2)10-5-7-11(12-3)8-6-10;1-3-9(2)11-6-4-5-10(7-11)8-12;1-4-10(3)11-7-5-9(2)6-8-11;1-4-10(3)11-7-5-6-9(2)8-11;7*1-2/h7-11H,6H2,1-5H3;3-6,9-10H,7-8H2,1-2H3;6-10H,4-5H2,1-3H3;5-9H,4H2,1-3H3;4-7,9,12H,3,8H2,1-2H3;2*5-8,10H,4H2,1-3H3;7*2H,1H3. The number of ether oxygens (including phenoxy) is 1. The van der Waals surface area contributed by atoms with Crippen LogP contribution in [0.5, 0.6) is 5.75 Å². The van der Waals surface area contributed by atoms with E-state index in [2.05, 4.69) is 284 Å². The van der Waals surface area contributed by atoms with Crippen molar-refractivity contribution >= 4 is 0 Å². The van der Waals surface area contributed by atoms with Gasteiger partial charge >= 0.3 is 0 Å². The second-order valence-corrected chi connectivity index (χ2v) is 25.5. The Balaban J connectivity index is -0.000000244. The van der Waals surface area contributed by atoms with Crippen LogP contribution in [0.4, 0.5) is 0 Å². The molecule has 7 aromatic rings. The van der Waals surface area contributed by atoms with Crippen LogP contribution in [-0.4, -0.2) is 97.7 Å². The molecule has 0 radical (unpaired) electrons. The molecule has 98 heavy (non-hydrogen) atoms. The summed E-state index contributed by atoms with van der Waals surface area (Å²) in [6.45, 7) is 45.0. The molecular weight excluding hydrogens is 1210 g/mol. The van der Waals surface area contributed by atoms with Gasteiger partial charge in [-0.2, -0.15) is 0 Å². The van der Waals surface area contributed by atoms with E-state index in [9.17, 15) is 0 Å². The number of rotatable bonds is 15. The van der Waals surface area contributed by atoms with Crippen LogP contribution in [0.25, 0.3) is 0 Å². The quantitative estimate of drug-likeness (QED) is 0.0498. The number of hydrogen-bond donors (Lipinski definition) is 8. The molecule has 9 nitrogen and oxygen atoms in total. The van der Waals surface area contributed by atoms with Gasteiger partial charge in [0.05, 0.1) is 13.7 Å². The fourth-order valence-electron chi connectivity index (χ4n) is 9.70. The Kier molecular flexibility index (Phi) is 70.3. The van der Waals surface area contributed by atoms with Crippen molar-refractivity contribution in [2.24, 2.45) is 11.8 Å². The zero-order valence-corrected chi connectivity index (χ0v) is 67.3.